The van der Waals surface area contributed by atoms with E-state index in [2.05, 4.69) is 15.4 Å². The lowest BCUT2D eigenvalue weighted by atomic mass is 10.2. The number of rotatable bonds is 8. The summed E-state index contributed by atoms with van der Waals surface area (Å²) in [6.07, 6.45) is -4.29. The topological polar surface area (TPSA) is 114 Å². The van der Waals surface area contributed by atoms with E-state index in [0.29, 0.717) is 18.7 Å². The molecule has 40 heavy (non-hydrogen) atoms. The van der Waals surface area contributed by atoms with Gasteiger partial charge in [0.15, 0.2) is 0 Å². The second-order valence-corrected chi connectivity index (χ2v) is 9.73. The molecule has 1 N–H and O–H groups in total. The second-order valence-electron chi connectivity index (χ2n) is 9.73. The summed E-state index contributed by atoms with van der Waals surface area (Å²) in [7, 11) is 0. The van der Waals surface area contributed by atoms with Crippen LogP contribution >= 0.6 is 0 Å². The van der Waals surface area contributed by atoms with Crippen LogP contribution in [0.4, 0.5) is 23.4 Å². The van der Waals surface area contributed by atoms with Crippen molar-refractivity contribution in [3.8, 4) is 0 Å². The molecule has 11 nitrogen and oxygen atoms in total. The average Bonchev–Trinajstić information content (AvgIpc) is 3.49. The van der Waals surface area contributed by atoms with Crippen LogP contribution in [0.5, 0.6) is 0 Å². The van der Waals surface area contributed by atoms with Crippen LogP contribution in [-0.4, -0.2) is 85.8 Å². The van der Waals surface area contributed by atoms with Gasteiger partial charge >= 0.3 is 6.18 Å². The summed E-state index contributed by atoms with van der Waals surface area (Å²) in [6, 6.07) is 4.06. The Morgan fingerprint density at radius 1 is 1.25 bits per heavy atom. The second kappa shape index (κ2) is 11.0. The molecule has 3 aromatic heterocycles. The summed E-state index contributed by atoms with van der Waals surface area (Å²) in [5.41, 5.74) is 0.542. The average molecular weight is 566 g/mol. The zero-order valence-corrected chi connectivity index (χ0v) is 21.6. The normalized spacial score (nSPS) is 18.0. The molecule has 2 amide bonds. The molecular weight excluding hydrogens is 538 g/mol. The molecule has 0 radical (unpaired) electrons. The van der Waals surface area contributed by atoms with Gasteiger partial charge in [-0.1, -0.05) is 6.92 Å². The van der Waals surface area contributed by atoms with Crippen LogP contribution in [-0.2, 0) is 29.0 Å². The molecule has 2 aliphatic heterocycles. The zero-order chi connectivity index (χ0) is 28.6. The van der Waals surface area contributed by atoms with Crippen LogP contribution in [0.3, 0.4) is 0 Å². The minimum Gasteiger partial charge on any atom is -0.374 e. The highest BCUT2D eigenvalue weighted by Crippen LogP contribution is 2.25. The third-order valence-electron chi connectivity index (χ3n) is 6.88. The summed E-state index contributed by atoms with van der Waals surface area (Å²) in [4.78, 5) is 46.8. The summed E-state index contributed by atoms with van der Waals surface area (Å²) in [5.74, 6) is -1.52. The van der Waals surface area contributed by atoms with E-state index in [0.717, 1.165) is 16.8 Å². The summed E-state index contributed by atoms with van der Waals surface area (Å²) in [5, 5.41) is 6.88. The van der Waals surface area contributed by atoms with Gasteiger partial charge in [-0.25, -0.2) is 9.37 Å². The lowest BCUT2D eigenvalue weighted by molar-refractivity contribution is -0.142. The number of ether oxygens (including phenoxy) is 1. The minimum atomic E-state index is -4.27. The first-order chi connectivity index (χ1) is 19.0. The number of carbonyl (C=O) groups is 2. The fraction of sp³-hybridized carbons (Fsp3) is 0.480. The fourth-order valence-electron chi connectivity index (χ4n) is 4.95. The molecule has 1 saturated heterocycles. The quantitative estimate of drug-likeness (QED) is 0.415. The lowest BCUT2D eigenvalue weighted by Gasteiger charge is -2.34. The maximum Gasteiger partial charge on any atom is 0.390 e. The molecule has 2 aliphatic rings. The van der Waals surface area contributed by atoms with E-state index in [9.17, 15) is 31.9 Å². The highest BCUT2D eigenvalue weighted by molar-refractivity contribution is 5.98. The molecule has 0 saturated carbocycles. The van der Waals surface area contributed by atoms with E-state index in [-0.39, 0.29) is 62.1 Å². The molecule has 0 aromatic carbocycles. The monoisotopic (exact) mass is 565 g/mol. The van der Waals surface area contributed by atoms with E-state index < -0.39 is 41.9 Å². The first-order valence-electron chi connectivity index (χ1n) is 12.8. The van der Waals surface area contributed by atoms with Crippen LogP contribution < -0.4 is 10.9 Å². The van der Waals surface area contributed by atoms with Crippen LogP contribution in [0.1, 0.15) is 35.1 Å². The molecule has 1 fully saturated rings. The van der Waals surface area contributed by atoms with Crippen molar-refractivity contribution in [2.75, 3.05) is 38.1 Å². The highest BCUT2D eigenvalue weighted by atomic mass is 19.4. The van der Waals surface area contributed by atoms with Crippen molar-refractivity contribution in [2.24, 2.45) is 0 Å². The maximum absolute atomic E-state index is 13.6. The van der Waals surface area contributed by atoms with Gasteiger partial charge in [0.2, 0.25) is 5.91 Å². The molecule has 3 aromatic rings. The van der Waals surface area contributed by atoms with Gasteiger partial charge in [0.05, 0.1) is 43.1 Å². The Morgan fingerprint density at radius 2 is 2.05 bits per heavy atom. The molecule has 1 atom stereocenters. The minimum absolute atomic E-state index is 0.0343. The highest BCUT2D eigenvalue weighted by Gasteiger charge is 2.37. The lowest BCUT2D eigenvalue weighted by Crippen LogP contribution is -2.48. The number of nitrogens with one attached hydrogen (secondary N) is 1. The smallest absolute Gasteiger partial charge is 0.374 e. The number of pyridine rings is 1. The number of aryl methyl sites for hydroxylation is 1. The number of amides is 2. The van der Waals surface area contributed by atoms with Gasteiger partial charge in [0.25, 0.3) is 11.5 Å². The number of carbonyl (C=O) groups excluding carboxylic acids is 2. The van der Waals surface area contributed by atoms with Crippen LogP contribution in [0.25, 0.3) is 5.65 Å². The first kappa shape index (κ1) is 27.7. The summed E-state index contributed by atoms with van der Waals surface area (Å²) >= 11 is 0. The number of fused-ring (bicyclic) bond motifs is 2. The van der Waals surface area contributed by atoms with Crippen molar-refractivity contribution in [1.29, 1.82) is 0 Å². The van der Waals surface area contributed by atoms with Crippen molar-refractivity contribution in [2.45, 2.75) is 45.1 Å². The van der Waals surface area contributed by atoms with Gasteiger partial charge in [0, 0.05) is 32.2 Å². The summed E-state index contributed by atoms with van der Waals surface area (Å²) < 4.78 is 59.6. The number of alkyl halides is 3. The Kier molecular flexibility index (Phi) is 7.59. The number of hydrogen-bond acceptors (Lipinski definition) is 7. The van der Waals surface area contributed by atoms with Crippen molar-refractivity contribution in [3.63, 3.8) is 0 Å². The Bertz CT molecular complexity index is 1490. The molecule has 0 aliphatic carbocycles. The number of nitrogens with zero attached hydrogens (tertiary/aromatic N) is 6. The van der Waals surface area contributed by atoms with E-state index in [1.807, 2.05) is 6.92 Å². The maximum atomic E-state index is 13.6. The number of anilines is 1. The van der Waals surface area contributed by atoms with Crippen LogP contribution in [0.15, 0.2) is 29.2 Å². The van der Waals surface area contributed by atoms with Gasteiger partial charge < -0.3 is 19.5 Å². The predicted molar refractivity (Wildman–Crippen MR) is 133 cm³/mol. The van der Waals surface area contributed by atoms with E-state index >= 15 is 0 Å². The number of halogens is 4. The van der Waals surface area contributed by atoms with Crippen molar-refractivity contribution in [1.82, 2.24) is 29.0 Å². The Morgan fingerprint density at radius 3 is 2.75 bits per heavy atom. The fourth-order valence-corrected chi connectivity index (χ4v) is 4.95. The molecule has 214 valence electrons. The third-order valence-corrected chi connectivity index (χ3v) is 6.88. The van der Waals surface area contributed by atoms with Gasteiger partial charge in [-0.05, 0) is 18.6 Å². The Hall–Kier alpha value is -3.85. The van der Waals surface area contributed by atoms with Crippen LogP contribution in [0, 0.1) is 5.82 Å². The molecule has 5 heterocycles. The summed E-state index contributed by atoms with van der Waals surface area (Å²) in [6.45, 7) is 2.10. The first-order valence-corrected chi connectivity index (χ1v) is 12.8. The largest absolute Gasteiger partial charge is 0.390 e. The van der Waals surface area contributed by atoms with Crippen molar-refractivity contribution < 1.29 is 31.9 Å². The molecule has 5 rings (SSSR count). The zero-order valence-electron chi connectivity index (χ0n) is 21.6. The van der Waals surface area contributed by atoms with Crippen LogP contribution in [0.2, 0.25) is 0 Å². The van der Waals surface area contributed by atoms with Gasteiger partial charge in [-0.15, -0.1) is 0 Å². The molecular formula is C25H27F4N7O4. The van der Waals surface area contributed by atoms with E-state index in [1.165, 1.54) is 15.5 Å². The molecule has 15 heteroatoms. The molecule has 0 bridgehead atoms. The van der Waals surface area contributed by atoms with Gasteiger partial charge in [-0.2, -0.15) is 22.8 Å². The SMILES string of the molecule is CCc1cc2n(CC(=O)Nc3ccc(F)cn3)c3c(c(=O)n2n1)CN(C[C@H]1CN(CCC(F)(F)F)CCO1)C3=O. The third kappa shape index (κ3) is 5.84. The number of hydrogen-bond donors (Lipinski definition) is 1. The van der Waals surface area contributed by atoms with E-state index in [4.69, 9.17) is 4.74 Å². The van der Waals surface area contributed by atoms with E-state index in [1.54, 1.807) is 11.0 Å². The standard InChI is InChI=1S/C25H27F4N7O4/c1-2-16-9-21-35(14-20(37)31-19-4-3-15(26)10-30-19)22-18(23(38)36(21)32-16)13-34(24(22)39)12-17-11-33(7-8-40-17)6-5-25(27,28)29/h3-4,9-10,17H,2,5-8,11-14H2,1H3,(H,30,31,37)/t17-/m1/s1. The number of aromatic nitrogens is 4. The van der Waals surface area contributed by atoms with Crippen molar-refractivity contribution in [3.05, 3.63) is 57.5 Å². The molecule has 0 spiro atoms. The van der Waals surface area contributed by atoms with Gasteiger partial charge in [-0.3, -0.25) is 19.3 Å². The van der Waals surface area contributed by atoms with Crippen molar-refractivity contribution >= 4 is 23.3 Å². The van der Waals surface area contributed by atoms with Gasteiger partial charge in [0.1, 0.15) is 29.5 Å². The predicted octanol–water partition coefficient (Wildman–Crippen LogP) is 1.84. The Labute approximate surface area is 225 Å². The Balaban J connectivity index is 1.39. The number of morpholine rings is 1. The molecule has 0 unspecified atom stereocenters.